The quantitative estimate of drug-likeness (QED) is 0.655. The van der Waals surface area contributed by atoms with Crippen molar-refractivity contribution < 1.29 is 20.4 Å². The molecular formula is C18H26N2Pd. The number of hydrogen-bond donors (Lipinski definition) is 0. The van der Waals surface area contributed by atoms with E-state index in [4.69, 9.17) is 5.10 Å². The van der Waals surface area contributed by atoms with Gasteiger partial charge in [-0.15, -0.1) is 0 Å². The molecule has 2 rings (SSSR count). The second-order valence-electron chi connectivity index (χ2n) is 6.36. The topological polar surface area (TPSA) is 17.8 Å². The van der Waals surface area contributed by atoms with Gasteiger partial charge in [-0.05, 0) is 31.2 Å². The van der Waals surface area contributed by atoms with Gasteiger partial charge in [0.1, 0.15) is 0 Å². The van der Waals surface area contributed by atoms with Crippen LogP contribution in [-0.2, 0) is 20.4 Å². The Morgan fingerprint density at radius 1 is 0.857 bits per heavy atom. The summed E-state index contributed by atoms with van der Waals surface area (Å²) in [6.07, 6.45) is 0. The summed E-state index contributed by atoms with van der Waals surface area (Å²) in [6.45, 7) is 13.4. The molecule has 1 aromatic carbocycles. The number of aromatic nitrogens is 2. The van der Waals surface area contributed by atoms with Gasteiger partial charge in [-0.1, -0.05) is 58.0 Å². The fourth-order valence-electron chi connectivity index (χ4n) is 2.72. The first kappa shape index (κ1) is 18.1. The van der Waals surface area contributed by atoms with Crippen LogP contribution in [0, 0.1) is 0 Å². The molecular weight excluding hydrogens is 351 g/mol. The minimum absolute atomic E-state index is 0. The van der Waals surface area contributed by atoms with Crippen LogP contribution in [0.4, 0.5) is 0 Å². The van der Waals surface area contributed by atoms with Crippen LogP contribution in [0.25, 0.3) is 11.1 Å². The van der Waals surface area contributed by atoms with Crippen molar-refractivity contribution in [2.45, 2.75) is 59.4 Å². The molecule has 0 spiro atoms. The molecule has 0 N–H and O–H groups in total. The van der Waals surface area contributed by atoms with Crippen molar-refractivity contribution in [2.75, 3.05) is 0 Å². The van der Waals surface area contributed by atoms with Crippen LogP contribution in [0.2, 0.25) is 0 Å². The maximum absolute atomic E-state index is 4.92. The Kier molecular flexibility index (Phi) is 6.38. The van der Waals surface area contributed by atoms with E-state index < -0.39 is 0 Å². The van der Waals surface area contributed by atoms with Gasteiger partial charge in [0.25, 0.3) is 0 Å². The monoisotopic (exact) mass is 376 g/mol. The molecule has 1 heterocycles. The molecule has 0 bridgehead atoms. The first-order chi connectivity index (χ1) is 9.43. The van der Waals surface area contributed by atoms with Gasteiger partial charge in [-0.3, -0.25) is 4.68 Å². The van der Waals surface area contributed by atoms with Crippen LogP contribution in [0.1, 0.15) is 70.8 Å². The van der Waals surface area contributed by atoms with Gasteiger partial charge in [-0.2, -0.15) is 5.10 Å². The van der Waals surface area contributed by atoms with Crippen molar-refractivity contribution in [3.05, 3.63) is 41.7 Å². The Morgan fingerprint density at radius 3 is 1.86 bits per heavy atom. The van der Waals surface area contributed by atoms with E-state index in [9.17, 15) is 0 Å². The Morgan fingerprint density at radius 2 is 1.43 bits per heavy atom. The molecule has 0 atom stereocenters. The first-order valence-electron chi connectivity index (χ1n) is 7.61. The summed E-state index contributed by atoms with van der Waals surface area (Å²) in [7, 11) is 0. The number of hydrogen-bond acceptors (Lipinski definition) is 1. The average Bonchev–Trinajstić information content (AvgIpc) is 2.80. The Bertz CT molecular complexity index is 568. The second-order valence-corrected chi connectivity index (χ2v) is 6.36. The standard InChI is InChI=1S/C18H26N2.Pd/c1-12(2)17-16(15-10-8-7-9-11-15)18(13(3)4)20(19-17)14(5)6;/h7-14H,1-6H3;. The van der Waals surface area contributed by atoms with Gasteiger partial charge in [0.05, 0.1) is 5.69 Å². The molecule has 1 aromatic heterocycles. The summed E-state index contributed by atoms with van der Waals surface area (Å²) in [5.41, 5.74) is 5.19. The normalized spacial score (nSPS) is 11.3. The molecule has 3 heteroatoms. The van der Waals surface area contributed by atoms with Gasteiger partial charge in [-0.25, -0.2) is 0 Å². The molecule has 0 aliphatic rings. The van der Waals surface area contributed by atoms with E-state index in [0.717, 1.165) is 0 Å². The molecule has 2 nitrogen and oxygen atoms in total. The summed E-state index contributed by atoms with van der Waals surface area (Å²) >= 11 is 0. The Balaban J connectivity index is 0.00000220. The van der Waals surface area contributed by atoms with E-state index in [1.54, 1.807) is 0 Å². The van der Waals surface area contributed by atoms with Crippen molar-refractivity contribution in [1.29, 1.82) is 0 Å². The zero-order valence-electron chi connectivity index (χ0n) is 13.8. The third-order valence-electron chi connectivity index (χ3n) is 3.62. The van der Waals surface area contributed by atoms with Crippen molar-refractivity contribution in [3.8, 4) is 11.1 Å². The molecule has 21 heavy (non-hydrogen) atoms. The van der Waals surface area contributed by atoms with Crippen LogP contribution in [0.15, 0.2) is 30.3 Å². The van der Waals surface area contributed by atoms with Crippen molar-refractivity contribution in [1.82, 2.24) is 9.78 Å². The van der Waals surface area contributed by atoms with E-state index in [0.29, 0.717) is 17.9 Å². The summed E-state index contributed by atoms with van der Waals surface area (Å²) in [4.78, 5) is 0. The summed E-state index contributed by atoms with van der Waals surface area (Å²) < 4.78 is 2.21. The summed E-state index contributed by atoms with van der Waals surface area (Å²) in [5.74, 6) is 0.898. The average molecular weight is 377 g/mol. The van der Waals surface area contributed by atoms with Crippen LogP contribution in [0.3, 0.4) is 0 Å². The van der Waals surface area contributed by atoms with Gasteiger partial charge in [0.15, 0.2) is 0 Å². The molecule has 0 aliphatic heterocycles. The van der Waals surface area contributed by atoms with Gasteiger partial charge in [0, 0.05) is 37.7 Å². The van der Waals surface area contributed by atoms with Crippen molar-refractivity contribution in [2.24, 2.45) is 0 Å². The predicted octanol–water partition coefficient (Wildman–Crippen LogP) is 5.38. The SMILES string of the molecule is CC(C)c1nn(C(C)C)c(C(C)C)c1-c1ccccc1.[Pd]. The Hall–Kier alpha value is -0.908. The fourth-order valence-corrected chi connectivity index (χ4v) is 2.72. The van der Waals surface area contributed by atoms with E-state index in [1.807, 2.05) is 0 Å². The fraction of sp³-hybridized carbons (Fsp3) is 0.500. The molecule has 0 radical (unpaired) electrons. The molecule has 0 amide bonds. The van der Waals surface area contributed by atoms with Gasteiger partial charge in [0.2, 0.25) is 0 Å². The molecule has 118 valence electrons. The third kappa shape index (κ3) is 3.65. The number of rotatable bonds is 4. The summed E-state index contributed by atoms with van der Waals surface area (Å²) in [5, 5.41) is 4.92. The molecule has 0 aliphatic carbocycles. The van der Waals surface area contributed by atoms with E-state index in [2.05, 4.69) is 76.6 Å². The van der Waals surface area contributed by atoms with Gasteiger partial charge >= 0.3 is 0 Å². The van der Waals surface area contributed by atoms with E-state index >= 15 is 0 Å². The second kappa shape index (κ2) is 7.38. The predicted molar refractivity (Wildman–Crippen MR) is 86.2 cm³/mol. The molecule has 0 saturated carbocycles. The first-order valence-corrected chi connectivity index (χ1v) is 7.61. The van der Waals surface area contributed by atoms with E-state index in [-0.39, 0.29) is 20.4 Å². The molecule has 0 fully saturated rings. The maximum Gasteiger partial charge on any atom is 0.0731 e. The zero-order valence-corrected chi connectivity index (χ0v) is 15.4. The van der Waals surface area contributed by atoms with Crippen LogP contribution in [0.5, 0.6) is 0 Å². The molecule has 0 unspecified atom stereocenters. The number of nitrogens with zero attached hydrogens (tertiary/aromatic N) is 2. The smallest absolute Gasteiger partial charge is 0.0731 e. The van der Waals surface area contributed by atoms with E-state index in [1.165, 1.54) is 22.5 Å². The zero-order chi connectivity index (χ0) is 14.9. The minimum atomic E-state index is 0. The van der Waals surface area contributed by atoms with Crippen molar-refractivity contribution in [3.63, 3.8) is 0 Å². The molecule has 0 saturated heterocycles. The molecule has 2 aromatic rings. The van der Waals surface area contributed by atoms with Crippen LogP contribution >= 0.6 is 0 Å². The largest absolute Gasteiger partial charge is 0.266 e. The van der Waals surface area contributed by atoms with Crippen LogP contribution in [-0.4, -0.2) is 9.78 Å². The van der Waals surface area contributed by atoms with Crippen molar-refractivity contribution >= 4 is 0 Å². The summed E-state index contributed by atoms with van der Waals surface area (Å²) in [6, 6.07) is 11.1. The third-order valence-corrected chi connectivity index (χ3v) is 3.62. The van der Waals surface area contributed by atoms with Crippen LogP contribution < -0.4 is 0 Å². The minimum Gasteiger partial charge on any atom is -0.266 e. The van der Waals surface area contributed by atoms with Gasteiger partial charge < -0.3 is 0 Å². The Labute approximate surface area is 142 Å². The number of benzene rings is 1. The maximum atomic E-state index is 4.92.